The van der Waals surface area contributed by atoms with E-state index in [1.807, 2.05) is 6.07 Å². The van der Waals surface area contributed by atoms with Crippen molar-refractivity contribution >= 4 is 15.9 Å². The lowest BCUT2D eigenvalue weighted by atomic mass is 10.0. The second kappa shape index (κ2) is 8.62. The van der Waals surface area contributed by atoms with Crippen LogP contribution < -0.4 is 5.32 Å². The second-order valence-corrected chi connectivity index (χ2v) is 5.26. The third-order valence-corrected chi connectivity index (χ3v) is 3.23. The summed E-state index contributed by atoms with van der Waals surface area (Å²) < 4.78 is 19.3. The van der Waals surface area contributed by atoms with Gasteiger partial charge in [0, 0.05) is 24.2 Å². The van der Waals surface area contributed by atoms with E-state index in [1.54, 1.807) is 13.2 Å². The van der Waals surface area contributed by atoms with Gasteiger partial charge >= 0.3 is 0 Å². The van der Waals surface area contributed by atoms with Gasteiger partial charge in [0.05, 0.1) is 0 Å². The van der Waals surface area contributed by atoms with E-state index >= 15 is 0 Å². The molecule has 0 heterocycles. The lowest BCUT2D eigenvalue weighted by Crippen LogP contribution is -2.22. The summed E-state index contributed by atoms with van der Waals surface area (Å²) in [6.07, 6.45) is 2.98. The van der Waals surface area contributed by atoms with Crippen molar-refractivity contribution in [3.63, 3.8) is 0 Å². The summed E-state index contributed by atoms with van der Waals surface area (Å²) in [6, 6.07) is 5.25. The normalized spacial score (nSPS) is 12.7. The minimum absolute atomic E-state index is 0.187. The highest BCUT2D eigenvalue weighted by Gasteiger charge is 2.12. The molecule has 0 aromatic heterocycles. The second-order valence-electron chi connectivity index (χ2n) is 4.34. The lowest BCUT2D eigenvalue weighted by molar-refractivity contribution is 0.188. The van der Waals surface area contributed by atoms with E-state index in [0.29, 0.717) is 0 Å². The van der Waals surface area contributed by atoms with Crippen LogP contribution in [0.2, 0.25) is 0 Å². The zero-order valence-corrected chi connectivity index (χ0v) is 12.6. The van der Waals surface area contributed by atoms with E-state index in [2.05, 4.69) is 28.2 Å². The van der Waals surface area contributed by atoms with Crippen molar-refractivity contribution in [2.24, 2.45) is 0 Å². The van der Waals surface area contributed by atoms with E-state index < -0.39 is 0 Å². The summed E-state index contributed by atoms with van der Waals surface area (Å²) in [5.41, 5.74) is 0.992. The molecule has 1 aromatic carbocycles. The van der Waals surface area contributed by atoms with Gasteiger partial charge in [-0.1, -0.05) is 22.9 Å². The Bertz CT molecular complexity index is 339. The lowest BCUT2D eigenvalue weighted by Gasteiger charge is -2.19. The predicted molar refractivity (Wildman–Crippen MR) is 76.2 cm³/mol. The Kier molecular flexibility index (Phi) is 7.47. The van der Waals surface area contributed by atoms with Gasteiger partial charge in [-0.05, 0) is 49.6 Å². The first-order valence-corrected chi connectivity index (χ1v) is 7.15. The van der Waals surface area contributed by atoms with Gasteiger partial charge in [0.1, 0.15) is 5.82 Å². The molecule has 0 aliphatic rings. The Balaban J connectivity index is 2.72. The van der Waals surface area contributed by atoms with Crippen LogP contribution in [0.25, 0.3) is 0 Å². The first-order valence-electron chi connectivity index (χ1n) is 6.35. The van der Waals surface area contributed by atoms with Crippen molar-refractivity contribution in [2.45, 2.75) is 32.2 Å². The summed E-state index contributed by atoms with van der Waals surface area (Å²) >= 11 is 3.34. The molecular formula is C14H21BrFNO. The molecule has 4 heteroatoms. The van der Waals surface area contributed by atoms with Crippen molar-refractivity contribution < 1.29 is 9.13 Å². The number of halogens is 2. The van der Waals surface area contributed by atoms with Gasteiger partial charge in [0.15, 0.2) is 0 Å². The molecule has 1 unspecified atom stereocenters. The number of rotatable bonds is 8. The summed E-state index contributed by atoms with van der Waals surface area (Å²) in [7, 11) is 1.70. The third kappa shape index (κ3) is 5.46. The molecule has 0 saturated heterocycles. The molecule has 0 saturated carbocycles. The molecule has 0 aliphatic heterocycles. The smallest absolute Gasteiger partial charge is 0.124 e. The molecule has 0 spiro atoms. The highest BCUT2D eigenvalue weighted by Crippen LogP contribution is 2.23. The molecule has 0 radical (unpaired) electrons. The van der Waals surface area contributed by atoms with Gasteiger partial charge < -0.3 is 10.1 Å². The van der Waals surface area contributed by atoms with Crippen LogP contribution in [0.1, 0.15) is 37.8 Å². The maximum Gasteiger partial charge on any atom is 0.124 e. The maximum atomic E-state index is 13.4. The molecule has 1 N–H and O–H groups in total. The first kappa shape index (κ1) is 15.6. The van der Waals surface area contributed by atoms with Crippen LogP contribution in [0.15, 0.2) is 22.7 Å². The molecule has 1 rings (SSSR count). The summed E-state index contributed by atoms with van der Waals surface area (Å²) in [6.45, 7) is 3.80. The molecular weight excluding hydrogens is 297 g/mol. The molecule has 1 aromatic rings. The van der Waals surface area contributed by atoms with Crippen molar-refractivity contribution in [3.8, 4) is 0 Å². The molecule has 1 atom stereocenters. The highest BCUT2D eigenvalue weighted by molar-refractivity contribution is 9.10. The summed E-state index contributed by atoms with van der Waals surface area (Å²) in [4.78, 5) is 0. The van der Waals surface area contributed by atoms with Gasteiger partial charge in [-0.15, -0.1) is 0 Å². The first-order chi connectivity index (χ1) is 8.67. The predicted octanol–water partition coefficient (Wildman–Crippen LogP) is 4.06. The van der Waals surface area contributed by atoms with E-state index in [1.165, 1.54) is 6.07 Å². The SMILES string of the molecule is CCCNC(CCCOC)c1cc(F)cc(Br)c1. The van der Waals surface area contributed by atoms with E-state index in [-0.39, 0.29) is 11.9 Å². The van der Waals surface area contributed by atoms with Crippen LogP contribution in [0.3, 0.4) is 0 Å². The molecule has 18 heavy (non-hydrogen) atoms. The monoisotopic (exact) mass is 317 g/mol. The number of ether oxygens (including phenoxy) is 1. The largest absolute Gasteiger partial charge is 0.385 e. The van der Waals surface area contributed by atoms with Crippen molar-refractivity contribution in [1.29, 1.82) is 0 Å². The average Bonchev–Trinajstić information content (AvgIpc) is 2.32. The van der Waals surface area contributed by atoms with Crippen molar-refractivity contribution in [2.75, 3.05) is 20.3 Å². The number of hydrogen-bond donors (Lipinski definition) is 1. The van der Waals surface area contributed by atoms with Crippen LogP contribution in [-0.2, 0) is 4.74 Å². The number of nitrogens with one attached hydrogen (secondary N) is 1. The van der Waals surface area contributed by atoms with E-state index in [9.17, 15) is 4.39 Å². The number of methoxy groups -OCH3 is 1. The fraction of sp³-hybridized carbons (Fsp3) is 0.571. The summed E-state index contributed by atoms with van der Waals surface area (Å²) in [5.74, 6) is -0.200. The number of benzene rings is 1. The van der Waals surface area contributed by atoms with Crippen LogP contribution >= 0.6 is 15.9 Å². The highest BCUT2D eigenvalue weighted by atomic mass is 79.9. The number of hydrogen-bond acceptors (Lipinski definition) is 2. The Morgan fingerprint density at radius 3 is 2.78 bits per heavy atom. The van der Waals surface area contributed by atoms with Crippen molar-refractivity contribution in [3.05, 3.63) is 34.1 Å². The molecule has 0 fully saturated rings. The molecule has 0 bridgehead atoms. The van der Waals surface area contributed by atoms with Crippen LogP contribution in [0.5, 0.6) is 0 Å². The van der Waals surface area contributed by atoms with Crippen molar-refractivity contribution in [1.82, 2.24) is 5.32 Å². The maximum absolute atomic E-state index is 13.4. The fourth-order valence-electron chi connectivity index (χ4n) is 1.91. The van der Waals surface area contributed by atoms with Gasteiger partial charge in [0.25, 0.3) is 0 Å². The standard InChI is InChI=1S/C14H21BrFNO/c1-3-6-17-14(5-4-7-18-2)11-8-12(15)10-13(16)9-11/h8-10,14,17H,3-7H2,1-2H3. The summed E-state index contributed by atoms with van der Waals surface area (Å²) in [5, 5.41) is 3.46. The fourth-order valence-corrected chi connectivity index (χ4v) is 2.40. The van der Waals surface area contributed by atoms with Gasteiger partial charge in [-0.25, -0.2) is 4.39 Å². The Hall–Kier alpha value is -0.450. The van der Waals surface area contributed by atoms with Gasteiger partial charge in [-0.2, -0.15) is 0 Å². The Morgan fingerprint density at radius 1 is 1.39 bits per heavy atom. The van der Waals surface area contributed by atoms with Crippen LogP contribution in [-0.4, -0.2) is 20.3 Å². The molecule has 0 aliphatic carbocycles. The molecule has 0 amide bonds. The van der Waals surface area contributed by atoms with Crippen LogP contribution in [0.4, 0.5) is 4.39 Å². The minimum atomic E-state index is -0.200. The van der Waals surface area contributed by atoms with E-state index in [0.717, 1.165) is 42.5 Å². The average molecular weight is 318 g/mol. The zero-order chi connectivity index (χ0) is 13.4. The Morgan fingerprint density at radius 2 is 2.17 bits per heavy atom. The van der Waals surface area contributed by atoms with Gasteiger partial charge in [0.2, 0.25) is 0 Å². The van der Waals surface area contributed by atoms with Crippen LogP contribution in [0, 0.1) is 5.82 Å². The third-order valence-electron chi connectivity index (χ3n) is 2.77. The van der Waals surface area contributed by atoms with E-state index in [4.69, 9.17) is 4.74 Å². The minimum Gasteiger partial charge on any atom is -0.385 e. The molecule has 102 valence electrons. The Labute approximate surface area is 117 Å². The quantitative estimate of drug-likeness (QED) is 0.730. The topological polar surface area (TPSA) is 21.3 Å². The zero-order valence-electron chi connectivity index (χ0n) is 11.0. The van der Waals surface area contributed by atoms with Gasteiger partial charge in [-0.3, -0.25) is 0 Å². The molecule has 2 nitrogen and oxygen atoms in total.